The number of aromatic nitrogens is 2. The van der Waals surface area contributed by atoms with Crippen molar-refractivity contribution in [3.8, 4) is 0 Å². The zero-order valence-corrected chi connectivity index (χ0v) is 12.1. The molecule has 104 valence electrons. The van der Waals surface area contributed by atoms with Crippen molar-refractivity contribution in [2.75, 3.05) is 6.61 Å². The van der Waals surface area contributed by atoms with Gasteiger partial charge in [0.1, 0.15) is 5.82 Å². The SMILES string of the molecule is Cc1nccn1CCCCC(C)(CO)NC(C)C. The van der Waals surface area contributed by atoms with Crippen LogP contribution in [0.25, 0.3) is 0 Å². The monoisotopic (exact) mass is 253 g/mol. The van der Waals surface area contributed by atoms with Gasteiger partial charge in [0.25, 0.3) is 0 Å². The molecular weight excluding hydrogens is 226 g/mol. The molecule has 0 aliphatic rings. The van der Waals surface area contributed by atoms with E-state index in [0.717, 1.165) is 31.6 Å². The zero-order valence-electron chi connectivity index (χ0n) is 12.1. The second kappa shape index (κ2) is 6.90. The molecule has 0 aliphatic carbocycles. The smallest absolute Gasteiger partial charge is 0.105 e. The Kier molecular flexibility index (Phi) is 5.82. The third-order valence-electron chi connectivity index (χ3n) is 3.29. The summed E-state index contributed by atoms with van der Waals surface area (Å²) in [5, 5.41) is 12.9. The van der Waals surface area contributed by atoms with E-state index in [0.29, 0.717) is 6.04 Å². The molecule has 0 radical (unpaired) electrons. The lowest BCUT2D eigenvalue weighted by atomic mass is 9.95. The molecular formula is C14H27N3O. The molecule has 1 heterocycles. The van der Waals surface area contributed by atoms with E-state index in [-0.39, 0.29) is 12.1 Å². The van der Waals surface area contributed by atoms with E-state index in [1.165, 1.54) is 0 Å². The molecule has 0 fully saturated rings. The van der Waals surface area contributed by atoms with E-state index in [4.69, 9.17) is 0 Å². The molecule has 4 nitrogen and oxygen atoms in total. The number of imidazole rings is 1. The molecule has 1 aromatic heterocycles. The number of nitrogens with zero attached hydrogens (tertiary/aromatic N) is 2. The van der Waals surface area contributed by atoms with Crippen molar-refractivity contribution < 1.29 is 5.11 Å². The van der Waals surface area contributed by atoms with Gasteiger partial charge in [0.05, 0.1) is 6.61 Å². The Labute approximate surface area is 110 Å². The summed E-state index contributed by atoms with van der Waals surface area (Å²) in [7, 11) is 0. The lowest BCUT2D eigenvalue weighted by Gasteiger charge is -2.31. The largest absolute Gasteiger partial charge is 0.394 e. The van der Waals surface area contributed by atoms with Gasteiger partial charge < -0.3 is 15.0 Å². The Bertz CT molecular complexity index is 349. The summed E-state index contributed by atoms with van der Waals surface area (Å²) in [5.41, 5.74) is -0.155. The lowest BCUT2D eigenvalue weighted by Crippen LogP contribution is -2.49. The van der Waals surface area contributed by atoms with Crippen LogP contribution in [0.1, 0.15) is 45.9 Å². The van der Waals surface area contributed by atoms with Crippen molar-refractivity contribution in [2.24, 2.45) is 0 Å². The topological polar surface area (TPSA) is 50.1 Å². The van der Waals surface area contributed by atoms with Gasteiger partial charge >= 0.3 is 0 Å². The Morgan fingerprint density at radius 2 is 2.17 bits per heavy atom. The summed E-state index contributed by atoms with van der Waals surface area (Å²) >= 11 is 0. The first kappa shape index (κ1) is 15.2. The average molecular weight is 253 g/mol. The number of nitrogens with one attached hydrogen (secondary N) is 1. The van der Waals surface area contributed by atoms with Crippen LogP contribution in [-0.2, 0) is 6.54 Å². The van der Waals surface area contributed by atoms with Crippen molar-refractivity contribution in [1.82, 2.24) is 14.9 Å². The number of aliphatic hydroxyl groups excluding tert-OH is 1. The second-order valence-corrected chi connectivity index (χ2v) is 5.64. The first-order valence-corrected chi connectivity index (χ1v) is 6.83. The number of unbranched alkanes of at least 4 members (excludes halogenated alkanes) is 1. The lowest BCUT2D eigenvalue weighted by molar-refractivity contribution is 0.153. The van der Waals surface area contributed by atoms with Crippen LogP contribution in [0.4, 0.5) is 0 Å². The molecule has 0 aromatic carbocycles. The fraction of sp³-hybridized carbons (Fsp3) is 0.786. The van der Waals surface area contributed by atoms with Gasteiger partial charge in [-0.15, -0.1) is 0 Å². The first-order chi connectivity index (χ1) is 8.47. The minimum atomic E-state index is -0.155. The number of aryl methyl sites for hydroxylation is 2. The Hall–Kier alpha value is -0.870. The normalized spacial score (nSPS) is 15.0. The predicted molar refractivity (Wildman–Crippen MR) is 74.6 cm³/mol. The Morgan fingerprint density at radius 1 is 1.44 bits per heavy atom. The minimum Gasteiger partial charge on any atom is -0.394 e. The zero-order chi connectivity index (χ0) is 13.6. The van der Waals surface area contributed by atoms with Crippen molar-refractivity contribution in [3.05, 3.63) is 18.2 Å². The fourth-order valence-electron chi connectivity index (χ4n) is 2.33. The van der Waals surface area contributed by atoms with Gasteiger partial charge in [-0.05, 0) is 33.1 Å². The molecule has 1 rings (SSSR count). The molecule has 0 spiro atoms. The van der Waals surface area contributed by atoms with E-state index < -0.39 is 0 Å². The molecule has 0 aliphatic heterocycles. The van der Waals surface area contributed by atoms with Gasteiger partial charge in [-0.3, -0.25) is 0 Å². The summed E-state index contributed by atoms with van der Waals surface area (Å²) < 4.78 is 2.17. The third kappa shape index (κ3) is 4.78. The molecule has 0 amide bonds. The van der Waals surface area contributed by atoms with Crippen LogP contribution < -0.4 is 5.32 Å². The van der Waals surface area contributed by atoms with Crippen molar-refractivity contribution in [3.63, 3.8) is 0 Å². The minimum absolute atomic E-state index is 0.155. The summed E-state index contributed by atoms with van der Waals surface area (Å²) in [5.74, 6) is 1.07. The van der Waals surface area contributed by atoms with E-state index >= 15 is 0 Å². The highest BCUT2D eigenvalue weighted by Gasteiger charge is 2.22. The molecule has 1 unspecified atom stereocenters. The highest BCUT2D eigenvalue weighted by Crippen LogP contribution is 2.15. The summed E-state index contributed by atoms with van der Waals surface area (Å²) in [6, 6.07) is 0.401. The number of aliphatic hydroxyl groups is 1. The standard InChI is InChI=1S/C14H27N3O/c1-12(2)16-14(4,11-18)7-5-6-9-17-10-8-15-13(17)3/h8,10,12,16,18H,5-7,9,11H2,1-4H3. The maximum absolute atomic E-state index is 9.48. The Balaban J connectivity index is 2.29. The van der Waals surface area contributed by atoms with Crippen molar-refractivity contribution in [1.29, 1.82) is 0 Å². The van der Waals surface area contributed by atoms with Gasteiger partial charge in [-0.25, -0.2) is 4.98 Å². The van der Waals surface area contributed by atoms with Gasteiger partial charge in [0, 0.05) is 30.5 Å². The molecule has 0 saturated heterocycles. The summed E-state index contributed by atoms with van der Waals surface area (Å²) in [6.45, 7) is 9.55. The van der Waals surface area contributed by atoms with Crippen LogP contribution >= 0.6 is 0 Å². The van der Waals surface area contributed by atoms with Gasteiger partial charge in [-0.1, -0.05) is 13.8 Å². The van der Waals surface area contributed by atoms with Crippen LogP contribution in [-0.4, -0.2) is 32.8 Å². The summed E-state index contributed by atoms with van der Waals surface area (Å²) in [4.78, 5) is 4.21. The van der Waals surface area contributed by atoms with Crippen LogP contribution in [0.3, 0.4) is 0 Å². The van der Waals surface area contributed by atoms with Gasteiger partial charge in [-0.2, -0.15) is 0 Å². The molecule has 1 atom stereocenters. The third-order valence-corrected chi connectivity index (χ3v) is 3.29. The average Bonchev–Trinajstić information content (AvgIpc) is 2.70. The first-order valence-electron chi connectivity index (χ1n) is 6.83. The van der Waals surface area contributed by atoms with E-state index in [2.05, 4.69) is 35.6 Å². The highest BCUT2D eigenvalue weighted by atomic mass is 16.3. The maximum atomic E-state index is 9.48. The van der Waals surface area contributed by atoms with Crippen LogP contribution in [0.5, 0.6) is 0 Å². The molecule has 18 heavy (non-hydrogen) atoms. The van der Waals surface area contributed by atoms with E-state index in [1.54, 1.807) is 0 Å². The molecule has 0 bridgehead atoms. The molecule has 2 N–H and O–H groups in total. The summed E-state index contributed by atoms with van der Waals surface area (Å²) in [6.07, 6.45) is 7.08. The van der Waals surface area contributed by atoms with E-state index in [9.17, 15) is 5.11 Å². The number of hydrogen-bond donors (Lipinski definition) is 2. The predicted octanol–water partition coefficient (Wildman–Crippen LogP) is 2.11. The fourth-order valence-corrected chi connectivity index (χ4v) is 2.33. The van der Waals surface area contributed by atoms with Crippen LogP contribution in [0.2, 0.25) is 0 Å². The molecule has 4 heteroatoms. The second-order valence-electron chi connectivity index (χ2n) is 5.64. The quantitative estimate of drug-likeness (QED) is 0.698. The molecule has 1 aromatic rings. The van der Waals surface area contributed by atoms with Crippen LogP contribution in [0, 0.1) is 6.92 Å². The van der Waals surface area contributed by atoms with E-state index in [1.807, 2.05) is 19.3 Å². The number of rotatable bonds is 8. The van der Waals surface area contributed by atoms with Crippen molar-refractivity contribution >= 4 is 0 Å². The Morgan fingerprint density at radius 3 is 2.67 bits per heavy atom. The number of hydrogen-bond acceptors (Lipinski definition) is 3. The van der Waals surface area contributed by atoms with Crippen molar-refractivity contribution in [2.45, 2.75) is 65.1 Å². The van der Waals surface area contributed by atoms with Gasteiger partial charge in [0.15, 0.2) is 0 Å². The van der Waals surface area contributed by atoms with Gasteiger partial charge in [0.2, 0.25) is 0 Å². The molecule has 0 saturated carbocycles. The van der Waals surface area contributed by atoms with Crippen LogP contribution in [0.15, 0.2) is 12.4 Å². The highest BCUT2D eigenvalue weighted by molar-refractivity contribution is 4.88. The maximum Gasteiger partial charge on any atom is 0.105 e.